The topological polar surface area (TPSA) is 99.4 Å². The van der Waals surface area contributed by atoms with Gasteiger partial charge in [-0.1, -0.05) is 42.5 Å². The zero-order valence-electron chi connectivity index (χ0n) is 17.5. The van der Waals surface area contributed by atoms with Crippen molar-refractivity contribution < 1.29 is 32.6 Å². The first-order valence-corrected chi connectivity index (χ1v) is 9.82. The molecule has 0 aliphatic heterocycles. The van der Waals surface area contributed by atoms with E-state index >= 15 is 0 Å². The predicted molar refractivity (Wildman–Crippen MR) is 118 cm³/mol. The fourth-order valence-electron chi connectivity index (χ4n) is 2.95. The van der Waals surface area contributed by atoms with Crippen molar-refractivity contribution >= 4 is 23.6 Å². The van der Waals surface area contributed by atoms with Gasteiger partial charge in [0.2, 0.25) is 0 Å². The van der Waals surface area contributed by atoms with Crippen LogP contribution in [0, 0.1) is 11.3 Å². The maximum Gasteiger partial charge on any atom is 0.416 e. The van der Waals surface area contributed by atoms with Gasteiger partial charge in [0.15, 0.2) is 0 Å². The number of anilines is 1. The summed E-state index contributed by atoms with van der Waals surface area (Å²) in [5.41, 5.74) is -0.644. The number of carbonyl (C=O) groups is 2. The summed E-state index contributed by atoms with van der Waals surface area (Å²) in [6.07, 6.45) is -3.46. The second-order valence-corrected chi connectivity index (χ2v) is 7.04. The third-order valence-electron chi connectivity index (χ3n) is 4.60. The van der Waals surface area contributed by atoms with E-state index in [9.17, 15) is 33.1 Å². The molecule has 0 fully saturated rings. The molecular formula is C25H17F3N2O4. The third kappa shape index (κ3) is 6.23. The number of carbonyl (C=O) groups excluding carboxylic acids is 1. The number of amides is 1. The van der Waals surface area contributed by atoms with E-state index in [2.05, 4.69) is 5.32 Å². The van der Waals surface area contributed by atoms with Crippen molar-refractivity contribution in [3.63, 3.8) is 0 Å². The molecule has 9 heteroatoms. The molecule has 0 aromatic heterocycles. The minimum Gasteiger partial charge on any atom is -0.488 e. The molecule has 0 heterocycles. The first-order chi connectivity index (χ1) is 16.2. The lowest BCUT2D eigenvalue weighted by Crippen LogP contribution is -2.14. The highest BCUT2D eigenvalue weighted by atomic mass is 19.4. The number of ether oxygens (including phenoxy) is 1. The van der Waals surface area contributed by atoms with Crippen molar-refractivity contribution in [3.8, 4) is 11.8 Å². The minimum absolute atomic E-state index is 0.0976. The van der Waals surface area contributed by atoms with Gasteiger partial charge in [0.1, 0.15) is 29.6 Å². The van der Waals surface area contributed by atoms with E-state index in [1.807, 2.05) is 30.3 Å². The van der Waals surface area contributed by atoms with Crippen molar-refractivity contribution in [2.45, 2.75) is 12.8 Å². The van der Waals surface area contributed by atoms with E-state index in [1.165, 1.54) is 24.3 Å². The van der Waals surface area contributed by atoms with E-state index in [-0.39, 0.29) is 29.2 Å². The van der Waals surface area contributed by atoms with Crippen LogP contribution in [0.5, 0.6) is 5.75 Å². The van der Waals surface area contributed by atoms with E-state index in [0.717, 1.165) is 29.8 Å². The first kappa shape index (κ1) is 24.1. The number of hydrogen-bond donors (Lipinski definition) is 2. The molecule has 172 valence electrons. The Bertz CT molecular complexity index is 1280. The number of hydrogen-bond acceptors (Lipinski definition) is 4. The number of nitrogens with zero attached hydrogens (tertiary/aromatic N) is 1. The lowest BCUT2D eigenvalue weighted by molar-refractivity contribution is -0.137. The molecule has 3 aromatic rings. The Morgan fingerprint density at radius 2 is 1.76 bits per heavy atom. The highest BCUT2D eigenvalue weighted by molar-refractivity contribution is 6.09. The molecule has 0 aliphatic carbocycles. The van der Waals surface area contributed by atoms with Crippen LogP contribution in [0.2, 0.25) is 0 Å². The third-order valence-corrected chi connectivity index (χ3v) is 4.60. The summed E-state index contributed by atoms with van der Waals surface area (Å²) < 4.78 is 44.2. The number of rotatable bonds is 7. The van der Waals surface area contributed by atoms with Gasteiger partial charge in [0.05, 0.1) is 5.56 Å². The molecule has 3 aromatic carbocycles. The van der Waals surface area contributed by atoms with Crippen molar-refractivity contribution in [2.75, 3.05) is 5.32 Å². The summed E-state index contributed by atoms with van der Waals surface area (Å²) in [6, 6.07) is 18.9. The van der Waals surface area contributed by atoms with Crippen LogP contribution in [0.4, 0.5) is 18.9 Å². The summed E-state index contributed by atoms with van der Waals surface area (Å²) in [4.78, 5) is 24.1. The zero-order valence-corrected chi connectivity index (χ0v) is 17.5. The molecule has 34 heavy (non-hydrogen) atoms. The predicted octanol–water partition coefficient (Wildman–Crippen LogP) is 5.53. The van der Waals surface area contributed by atoms with E-state index in [0.29, 0.717) is 0 Å². The molecular weight excluding hydrogens is 449 g/mol. The zero-order chi connectivity index (χ0) is 24.7. The Labute approximate surface area is 192 Å². The number of halogens is 3. The fourth-order valence-corrected chi connectivity index (χ4v) is 2.95. The van der Waals surface area contributed by atoms with Crippen molar-refractivity contribution in [3.05, 3.63) is 101 Å². The molecule has 0 atom stereocenters. The number of nitriles is 1. The van der Waals surface area contributed by atoms with Crippen molar-refractivity contribution in [1.82, 2.24) is 0 Å². The molecule has 3 rings (SSSR count). The minimum atomic E-state index is -4.59. The number of aromatic carboxylic acids is 1. The quantitative estimate of drug-likeness (QED) is 0.352. The Hall–Kier alpha value is -4.58. The molecule has 1 amide bonds. The van der Waals surface area contributed by atoms with Gasteiger partial charge in [-0.25, -0.2) is 4.79 Å². The first-order valence-electron chi connectivity index (χ1n) is 9.82. The molecule has 0 bridgehead atoms. The van der Waals surface area contributed by atoms with Crippen LogP contribution in [0.3, 0.4) is 0 Å². The molecule has 6 nitrogen and oxygen atoms in total. The number of carboxylic acids is 1. The van der Waals surface area contributed by atoms with Crippen LogP contribution < -0.4 is 10.1 Å². The molecule has 0 aliphatic rings. The molecule has 0 spiro atoms. The van der Waals surface area contributed by atoms with E-state index < -0.39 is 29.2 Å². The second kappa shape index (κ2) is 10.4. The highest BCUT2D eigenvalue weighted by Crippen LogP contribution is 2.31. The van der Waals surface area contributed by atoms with Gasteiger partial charge < -0.3 is 15.2 Å². The average molecular weight is 466 g/mol. The Morgan fingerprint density at radius 3 is 2.41 bits per heavy atom. The summed E-state index contributed by atoms with van der Waals surface area (Å²) in [5.74, 6) is -2.12. The number of benzene rings is 3. The standard InChI is InChI=1S/C25H17F3N2O4/c26-25(27,28)19-7-4-8-20(13-19)30-23(31)18(14-29)11-17-9-10-22(21(12-17)24(32)33)34-15-16-5-2-1-3-6-16/h1-13H,15H2,(H,30,31)(H,32,33)/b18-11-. The lowest BCUT2D eigenvalue weighted by atomic mass is 10.1. The maximum atomic E-state index is 12.9. The highest BCUT2D eigenvalue weighted by Gasteiger charge is 2.30. The maximum absolute atomic E-state index is 12.9. The van der Waals surface area contributed by atoms with Gasteiger partial charge in [0, 0.05) is 5.69 Å². The lowest BCUT2D eigenvalue weighted by Gasteiger charge is -2.11. The van der Waals surface area contributed by atoms with E-state index in [4.69, 9.17) is 4.74 Å². The molecule has 0 saturated carbocycles. The van der Waals surface area contributed by atoms with Gasteiger partial charge in [0.25, 0.3) is 5.91 Å². The van der Waals surface area contributed by atoms with Crippen molar-refractivity contribution in [2.24, 2.45) is 0 Å². The molecule has 2 N–H and O–H groups in total. The smallest absolute Gasteiger partial charge is 0.416 e. The van der Waals surface area contributed by atoms with Crippen LogP contribution in [-0.2, 0) is 17.6 Å². The van der Waals surface area contributed by atoms with E-state index in [1.54, 1.807) is 6.07 Å². The Kier molecular flexibility index (Phi) is 7.33. The second-order valence-electron chi connectivity index (χ2n) is 7.04. The SMILES string of the molecule is N#C/C(=C/c1ccc(OCc2ccccc2)c(C(=O)O)c1)C(=O)Nc1cccc(C(F)(F)F)c1. The molecule has 0 radical (unpaired) electrons. The summed E-state index contributed by atoms with van der Waals surface area (Å²) in [5, 5.41) is 21.1. The molecule has 0 saturated heterocycles. The monoisotopic (exact) mass is 466 g/mol. The van der Waals surface area contributed by atoms with Gasteiger partial charge in [-0.05, 0) is 47.5 Å². The Morgan fingerprint density at radius 1 is 1.03 bits per heavy atom. The van der Waals surface area contributed by atoms with Gasteiger partial charge in [-0.3, -0.25) is 4.79 Å². The van der Waals surface area contributed by atoms with Crippen LogP contribution in [0.25, 0.3) is 6.08 Å². The van der Waals surface area contributed by atoms with Crippen LogP contribution in [-0.4, -0.2) is 17.0 Å². The largest absolute Gasteiger partial charge is 0.488 e. The normalized spacial score (nSPS) is 11.4. The number of alkyl halides is 3. The summed E-state index contributed by atoms with van der Waals surface area (Å²) in [6.45, 7) is 0.138. The molecule has 0 unspecified atom stereocenters. The Balaban J connectivity index is 1.81. The van der Waals surface area contributed by atoms with Gasteiger partial charge in [-0.2, -0.15) is 18.4 Å². The average Bonchev–Trinajstić information content (AvgIpc) is 2.81. The van der Waals surface area contributed by atoms with Gasteiger partial charge in [-0.15, -0.1) is 0 Å². The van der Waals surface area contributed by atoms with Crippen LogP contribution in [0.1, 0.15) is 27.0 Å². The van der Waals surface area contributed by atoms with Crippen molar-refractivity contribution in [1.29, 1.82) is 5.26 Å². The van der Waals surface area contributed by atoms with Crippen LogP contribution >= 0.6 is 0 Å². The fraction of sp³-hybridized carbons (Fsp3) is 0.0800. The van der Waals surface area contributed by atoms with Crippen LogP contribution in [0.15, 0.2) is 78.4 Å². The number of nitrogens with one attached hydrogen (secondary N) is 1. The summed E-state index contributed by atoms with van der Waals surface area (Å²) in [7, 11) is 0. The van der Waals surface area contributed by atoms with Gasteiger partial charge >= 0.3 is 12.1 Å². The number of carboxylic acid groups (broad SMARTS) is 1. The summed E-state index contributed by atoms with van der Waals surface area (Å²) >= 11 is 0.